The zero-order chi connectivity index (χ0) is 15.0. The Morgan fingerprint density at radius 2 is 1.55 bits per heavy atom. The number of halogens is 3. The summed E-state index contributed by atoms with van der Waals surface area (Å²) in [4.78, 5) is 0. The van der Waals surface area contributed by atoms with Crippen LogP contribution in [0.3, 0.4) is 0 Å². The average molecular weight is 307 g/mol. The van der Waals surface area contributed by atoms with E-state index in [1.165, 1.54) is 14.2 Å². The maximum absolute atomic E-state index is 13.3. The minimum Gasteiger partial charge on any atom is -0.375 e. The van der Waals surface area contributed by atoms with Crippen LogP contribution in [0.1, 0.15) is 24.8 Å². The van der Waals surface area contributed by atoms with Gasteiger partial charge in [0.1, 0.15) is 5.82 Å². The van der Waals surface area contributed by atoms with E-state index in [1.807, 2.05) is 0 Å². The molecule has 0 atom stereocenters. The van der Waals surface area contributed by atoms with E-state index in [1.54, 1.807) is 0 Å². The second kappa shape index (κ2) is 9.12. The zero-order valence-corrected chi connectivity index (χ0v) is 12.5. The van der Waals surface area contributed by atoms with Crippen LogP contribution < -0.4 is 0 Å². The van der Waals surface area contributed by atoms with Crippen LogP contribution in [-0.4, -0.2) is 30.4 Å². The molecule has 1 aromatic rings. The van der Waals surface area contributed by atoms with Crippen LogP contribution in [0.25, 0.3) is 0 Å². The van der Waals surface area contributed by atoms with E-state index in [-0.39, 0.29) is 5.56 Å². The summed E-state index contributed by atoms with van der Waals surface area (Å²) >= 11 is 0. The van der Waals surface area contributed by atoms with Crippen molar-refractivity contribution in [1.29, 1.82) is 0 Å². The molecule has 1 radical (unpaired) electrons. The molecule has 0 N–H and O–H groups in total. The second-order valence-corrected chi connectivity index (χ2v) is 5.78. The molecule has 0 heterocycles. The van der Waals surface area contributed by atoms with E-state index in [4.69, 9.17) is 13.3 Å². The van der Waals surface area contributed by atoms with Gasteiger partial charge in [-0.05, 0) is 30.9 Å². The van der Waals surface area contributed by atoms with E-state index < -0.39 is 27.0 Å². The van der Waals surface area contributed by atoms with Gasteiger partial charge in [-0.15, -0.1) is 0 Å². The van der Waals surface area contributed by atoms with Crippen molar-refractivity contribution < 1.29 is 26.4 Å². The molecule has 0 fully saturated rings. The van der Waals surface area contributed by atoms with Gasteiger partial charge >= 0.3 is 9.53 Å². The van der Waals surface area contributed by atoms with Crippen molar-refractivity contribution in [3.8, 4) is 0 Å². The fraction of sp³-hybridized carbons (Fsp3) is 0.538. The lowest BCUT2D eigenvalue weighted by atomic mass is 10.1. The Morgan fingerprint density at radius 1 is 0.900 bits per heavy atom. The van der Waals surface area contributed by atoms with Gasteiger partial charge in [0.25, 0.3) is 0 Å². The third-order valence-electron chi connectivity index (χ3n) is 2.73. The topological polar surface area (TPSA) is 27.7 Å². The SMILES string of the molecule is CO[Si](OC)OCCCCCc1cc(F)c(F)cc1F. The van der Waals surface area contributed by atoms with Gasteiger partial charge in [0.2, 0.25) is 0 Å². The van der Waals surface area contributed by atoms with Crippen molar-refractivity contribution in [2.75, 3.05) is 20.8 Å². The Kier molecular flexibility index (Phi) is 7.82. The van der Waals surface area contributed by atoms with Crippen molar-refractivity contribution in [3.05, 3.63) is 35.1 Å². The lowest BCUT2D eigenvalue weighted by Gasteiger charge is -2.09. The molecule has 1 rings (SSSR count). The molecule has 0 aromatic heterocycles. The number of benzene rings is 1. The minimum absolute atomic E-state index is 0.198. The molecule has 0 aliphatic carbocycles. The molecule has 0 saturated carbocycles. The first-order valence-electron chi connectivity index (χ1n) is 6.29. The van der Waals surface area contributed by atoms with Gasteiger partial charge in [0.05, 0.1) is 0 Å². The van der Waals surface area contributed by atoms with Crippen LogP contribution in [0.5, 0.6) is 0 Å². The Morgan fingerprint density at radius 3 is 2.20 bits per heavy atom. The molecule has 0 aliphatic rings. The quantitative estimate of drug-likeness (QED) is 0.398. The Balaban J connectivity index is 2.23. The van der Waals surface area contributed by atoms with Gasteiger partial charge in [0.15, 0.2) is 11.6 Å². The summed E-state index contributed by atoms with van der Waals surface area (Å²) in [6.07, 6.45) is 2.61. The Hall–Kier alpha value is -0.893. The number of unbranched alkanes of at least 4 members (excludes halogenated alkanes) is 2. The molecule has 113 valence electrons. The molecule has 0 spiro atoms. The van der Waals surface area contributed by atoms with Gasteiger partial charge in [-0.1, -0.05) is 6.42 Å². The first-order valence-corrected chi connectivity index (χ1v) is 7.52. The predicted octanol–water partition coefficient (Wildman–Crippen LogP) is 3.11. The highest BCUT2D eigenvalue weighted by molar-refractivity contribution is 6.36. The van der Waals surface area contributed by atoms with Gasteiger partial charge in [-0.3, -0.25) is 0 Å². The van der Waals surface area contributed by atoms with Crippen LogP contribution in [0.2, 0.25) is 0 Å². The first-order chi connectivity index (χ1) is 9.58. The smallest absolute Gasteiger partial charge is 0.375 e. The van der Waals surface area contributed by atoms with Crippen LogP contribution in [-0.2, 0) is 19.7 Å². The van der Waals surface area contributed by atoms with Crippen molar-refractivity contribution in [2.24, 2.45) is 0 Å². The van der Waals surface area contributed by atoms with E-state index in [0.29, 0.717) is 25.5 Å². The molecular formula is C13H18F3O3Si. The fourth-order valence-corrected chi connectivity index (χ4v) is 2.42. The monoisotopic (exact) mass is 307 g/mol. The van der Waals surface area contributed by atoms with E-state index >= 15 is 0 Å². The number of hydrogen-bond donors (Lipinski definition) is 0. The molecule has 7 heteroatoms. The van der Waals surface area contributed by atoms with Crippen LogP contribution in [0.15, 0.2) is 12.1 Å². The summed E-state index contributed by atoms with van der Waals surface area (Å²) in [6.45, 7) is 0.496. The fourth-order valence-electron chi connectivity index (χ4n) is 1.71. The minimum atomic E-state index is -1.63. The van der Waals surface area contributed by atoms with Crippen LogP contribution >= 0.6 is 0 Å². The molecule has 0 saturated heterocycles. The van der Waals surface area contributed by atoms with E-state index in [2.05, 4.69) is 0 Å². The summed E-state index contributed by atoms with van der Waals surface area (Å²) in [7, 11) is 1.40. The summed E-state index contributed by atoms with van der Waals surface area (Å²) < 4.78 is 54.3. The summed E-state index contributed by atoms with van der Waals surface area (Å²) in [5, 5.41) is 0. The predicted molar refractivity (Wildman–Crippen MR) is 69.6 cm³/mol. The van der Waals surface area contributed by atoms with Crippen molar-refractivity contribution >= 4 is 9.53 Å². The molecule has 0 amide bonds. The van der Waals surface area contributed by atoms with E-state index in [9.17, 15) is 13.2 Å². The van der Waals surface area contributed by atoms with Crippen molar-refractivity contribution in [2.45, 2.75) is 25.7 Å². The second-order valence-electron chi connectivity index (χ2n) is 4.18. The Labute approximate surface area is 118 Å². The highest BCUT2D eigenvalue weighted by Gasteiger charge is 2.14. The summed E-state index contributed by atoms with van der Waals surface area (Å²) in [6, 6.07) is 1.50. The molecule has 0 unspecified atom stereocenters. The van der Waals surface area contributed by atoms with Gasteiger partial charge in [0, 0.05) is 26.9 Å². The summed E-state index contributed by atoms with van der Waals surface area (Å²) in [5.74, 6) is -2.88. The largest absolute Gasteiger partial charge is 0.577 e. The van der Waals surface area contributed by atoms with Crippen LogP contribution in [0, 0.1) is 17.5 Å². The van der Waals surface area contributed by atoms with Crippen molar-refractivity contribution in [1.82, 2.24) is 0 Å². The molecular weight excluding hydrogens is 289 g/mol. The lowest BCUT2D eigenvalue weighted by molar-refractivity contribution is 0.133. The molecule has 1 aromatic carbocycles. The van der Waals surface area contributed by atoms with Gasteiger partial charge in [-0.2, -0.15) is 0 Å². The molecule has 0 bridgehead atoms. The highest BCUT2D eigenvalue weighted by atomic mass is 28.3. The third-order valence-corrected chi connectivity index (χ3v) is 3.84. The van der Waals surface area contributed by atoms with Crippen molar-refractivity contribution in [3.63, 3.8) is 0 Å². The maximum atomic E-state index is 13.3. The molecule has 0 aliphatic heterocycles. The molecule has 20 heavy (non-hydrogen) atoms. The van der Waals surface area contributed by atoms with Gasteiger partial charge in [-0.25, -0.2) is 13.2 Å². The standard InChI is InChI=1S/C13H18F3O3Si/c1-17-20(18-2)19-7-5-3-4-6-10-8-12(15)13(16)9-11(10)14/h8-9H,3-7H2,1-2H3. The van der Waals surface area contributed by atoms with Crippen LogP contribution in [0.4, 0.5) is 13.2 Å². The highest BCUT2D eigenvalue weighted by Crippen LogP contribution is 2.16. The maximum Gasteiger partial charge on any atom is 0.577 e. The number of aryl methyl sites for hydroxylation is 1. The Bertz CT molecular complexity index is 414. The summed E-state index contributed by atoms with van der Waals surface area (Å²) in [5.41, 5.74) is 0.198. The zero-order valence-electron chi connectivity index (χ0n) is 11.5. The van der Waals surface area contributed by atoms with E-state index in [0.717, 1.165) is 18.9 Å². The normalized spacial score (nSPS) is 11.3. The van der Waals surface area contributed by atoms with Gasteiger partial charge < -0.3 is 13.3 Å². The third kappa shape index (κ3) is 5.62. The molecule has 3 nitrogen and oxygen atoms in total. The first kappa shape index (κ1) is 17.2. The lowest BCUT2D eigenvalue weighted by Crippen LogP contribution is -2.24. The number of rotatable bonds is 9. The average Bonchev–Trinajstić information content (AvgIpc) is 2.43. The number of hydrogen-bond acceptors (Lipinski definition) is 3.